The maximum atomic E-state index is 4.81. The lowest BCUT2D eigenvalue weighted by molar-refractivity contribution is -0.642. The van der Waals surface area contributed by atoms with Crippen molar-refractivity contribution in [2.75, 3.05) is 11.6 Å². The van der Waals surface area contributed by atoms with Crippen molar-refractivity contribution in [3.05, 3.63) is 84.9 Å². The Morgan fingerprint density at radius 3 is 2.11 bits per heavy atom. The van der Waals surface area contributed by atoms with Crippen LogP contribution in [0.2, 0.25) is 0 Å². The third-order valence-corrected chi connectivity index (χ3v) is 5.66. The van der Waals surface area contributed by atoms with Crippen LogP contribution in [0, 0.1) is 0 Å². The molecule has 1 N–H and O–H groups in total. The van der Waals surface area contributed by atoms with Gasteiger partial charge in [0.25, 0.3) is 5.13 Å². The fraction of sp³-hybridized carbons (Fsp3) is 0.0476. The average molecular weight is 412 g/mol. The predicted molar refractivity (Wildman–Crippen MR) is 111 cm³/mol. The Bertz CT molecular complexity index is 987. The zero-order valence-electron chi connectivity index (χ0n) is 14.7. The van der Waals surface area contributed by atoms with Crippen LogP contribution in [0.1, 0.15) is 0 Å². The number of nitrogens with one attached hydrogen (secondary N) is 1. The van der Waals surface area contributed by atoms with Gasteiger partial charge in [-0.05, 0) is 58.7 Å². The summed E-state index contributed by atoms with van der Waals surface area (Å²) in [7, 11) is 0. The zero-order valence-corrected chi connectivity index (χ0v) is 17.1. The van der Waals surface area contributed by atoms with Gasteiger partial charge in [-0.25, -0.2) is 0 Å². The van der Waals surface area contributed by atoms with Crippen LogP contribution in [0.25, 0.3) is 16.3 Å². The molecule has 3 nitrogen and oxygen atoms in total. The third-order valence-electron chi connectivity index (χ3n) is 3.94. The molecule has 0 bridgehead atoms. The second kappa shape index (κ2) is 9.04. The number of halogens is 1. The van der Waals surface area contributed by atoms with E-state index in [0.717, 1.165) is 27.1 Å². The Morgan fingerprint density at radius 2 is 1.48 bits per heavy atom. The van der Waals surface area contributed by atoms with Crippen molar-refractivity contribution in [3.8, 4) is 16.3 Å². The standard InChI is InChI=1S/C21H18N3S2.ClH/c1-25-19-14-12-16(13-15-19)20-24(18-10-6-3-7-11-18)23-21(26-20)22-17-8-4-2-5-9-17;/h2-15H,1H3,(H,22,23);1H/q+1;/p-1. The number of benzene rings is 3. The van der Waals surface area contributed by atoms with E-state index in [1.807, 2.05) is 53.2 Å². The molecule has 0 aliphatic heterocycles. The van der Waals surface area contributed by atoms with Gasteiger partial charge in [-0.15, -0.1) is 11.8 Å². The first kappa shape index (κ1) is 19.4. The Labute approximate surface area is 173 Å². The summed E-state index contributed by atoms with van der Waals surface area (Å²) in [5, 5.41) is 10.2. The molecule has 27 heavy (non-hydrogen) atoms. The summed E-state index contributed by atoms with van der Waals surface area (Å²) in [5.41, 5.74) is 3.24. The van der Waals surface area contributed by atoms with Gasteiger partial charge >= 0.3 is 5.01 Å². The largest absolute Gasteiger partial charge is 1.00 e. The summed E-state index contributed by atoms with van der Waals surface area (Å²) in [6, 6.07) is 29.0. The number of hydrogen-bond acceptors (Lipinski definition) is 4. The van der Waals surface area contributed by atoms with Crippen LogP contribution < -0.4 is 22.4 Å². The zero-order chi connectivity index (χ0) is 17.8. The summed E-state index contributed by atoms with van der Waals surface area (Å²) in [6.07, 6.45) is 2.09. The first-order chi connectivity index (χ1) is 12.8. The van der Waals surface area contributed by atoms with Crippen molar-refractivity contribution in [2.24, 2.45) is 0 Å². The SMILES string of the molecule is CSc1ccc(-c2sc(Nc3ccccc3)n[n+]2-c2ccccc2)cc1.[Cl-]. The molecule has 0 saturated carbocycles. The van der Waals surface area contributed by atoms with Gasteiger partial charge in [0.2, 0.25) is 5.69 Å². The number of aromatic nitrogens is 2. The lowest BCUT2D eigenvalue weighted by Crippen LogP contribution is -3.00. The quantitative estimate of drug-likeness (QED) is 0.404. The van der Waals surface area contributed by atoms with Gasteiger partial charge in [-0.3, -0.25) is 0 Å². The molecule has 0 unspecified atom stereocenters. The highest BCUT2D eigenvalue weighted by Gasteiger charge is 2.24. The summed E-state index contributed by atoms with van der Waals surface area (Å²) in [4.78, 5) is 1.26. The van der Waals surface area contributed by atoms with E-state index < -0.39 is 0 Å². The molecule has 4 rings (SSSR count). The Hall–Kier alpha value is -2.34. The number of thioether (sulfide) groups is 1. The number of anilines is 2. The normalized spacial score (nSPS) is 10.3. The minimum absolute atomic E-state index is 0. The molecule has 1 heterocycles. The molecule has 0 radical (unpaired) electrons. The van der Waals surface area contributed by atoms with Crippen molar-refractivity contribution >= 4 is 33.9 Å². The average Bonchev–Trinajstić information content (AvgIpc) is 3.13. The Kier molecular flexibility index (Phi) is 6.50. The second-order valence-corrected chi connectivity index (χ2v) is 7.54. The first-order valence-corrected chi connectivity index (χ1v) is 10.3. The van der Waals surface area contributed by atoms with Crippen LogP contribution in [0.5, 0.6) is 0 Å². The van der Waals surface area contributed by atoms with E-state index in [4.69, 9.17) is 5.10 Å². The monoisotopic (exact) mass is 411 g/mol. The number of nitrogens with zero attached hydrogens (tertiary/aromatic N) is 2. The smallest absolute Gasteiger partial charge is 0.304 e. The molecule has 0 atom stereocenters. The maximum Gasteiger partial charge on any atom is 0.304 e. The molecular weight excluding hydrogens is 394 g/mol. The van der Waals surface area contributed by atoms with Crippen LogP contribution >= 0.6 is 23.1 Å². The van der Waals surface area contributed by atoms with Crippen molar-refractivity contribution < 1.29 is 17.1 Å². The van der Waals surface area contributed by atoms with Gasteiger partial charge in [0.05, 0.1) is 5.56 Å². The maximum absolute atomic E-state index is 4.81. The molecule has 0 spiro atoms. The first-order valence-electron chi connectivity index (χ1n) is 8.28. The minimum atomic E-state index is 0. The Morgan fingerprint density at radius 1 is 0.852 bits per heavy atom. The van der Waals surface area contributed by atoms with Crippen molar-refractivity contribution in [3.63, 3.8) is 0 Å². The Balaban J connectivity index is 0.00000210. The molecule has 0 saturated heterocycles. The topological polar surface area (TPSA) is 28.8 Å². The van der Waals surface area contributed by atoms with Crippen molar-refractivity contribution in [2.45, 2.75) is 4.90 Å². The van der Waals surface area contributed by atoms with Crippen LogP contribution in [-0.4, -0.2) is 11.4 Å². The number of rotatable bonds is 5. The fourth-order valence-corrected chi connectivity index (χ4v) is 4.02. The molecule has 0 aliphatic rings. The number of hydrogen-bond donors (Lipinski definition) is 1. The van der Waals surface area contributed by atoms with Crippen LogP contribution in [-0.2, 0) is 0 Å². The molecule has 136 valence electrons. The third kappa shape index (κ3) is 4.50. The van der Waals surface area contributed by atoms with E-state index in [9.17, 15) is 0 Å². The molecule has 6 heteroatoms. The molecule has 0 fully saturated rings. The van der Waals surface area contributed by atoms with Crippen LogP contribution in [0.4, 0.5) is 10.8 Å². The molecule has 1 aromatic heterocycles. The summed E-state index contributed by atoms with van der Waals surface area (Å²) >= 11 is 3.40. The van der Waals surface area contributed by atoms with Gasteiger partial charge in [0, 0.05) is 27.8 Å². The van der Waals surface area contributed by atoms with Gasteiger partial charge in [0.1, 0.15) is 0 Å². The fourth-order valence-electron chi connectivity index (χ4n) is 2.65. The molecule has 3 aromatic carbocycles. The van der Waals surface area contributed by atoms with Crippen LogP contribution in [0.15, 0.2) is 89.8 Å². The molecule has 0 amide bonds. The second-order valence-electron chi connectivity index (χ2n) is 5.68. The summed E-state index contributed by atoms with van der Waals surface area (Å²) < 4.78 is 2.00. The van der Waals surface area contributed by atoms with E-state index in [1.165, 1.54) is 4.90 Å². The van der Waals surface area contributed by atoms with E-state index in [2.05, 4.69) is 48.0 Å². The summed E-state index contributed by atoms with van der Waals surface area (Å²) in [6.45, 7) is 0. The predicted octanol–water partition coefficient (Wildman–Crippen LogP) is 2.56. The molecule has 4 aromatic rings. The highest BCUT2D eigenvalue weighted by atomic mass is 35.5. The van der Waals surface area contributed by atoms with Gasteiger partial charge in [-0.2, -0.15) is 0 Å². The van der Waals surface area contributed by atoms with Gasteiger partial charge < -0.3 is 17.7 Å². The van der Waals surface area contributed by atoms with E-state index in [1.54, 1.807) is 23.1 Å². The van der Waals surface area contributed by atoms with Crippen molar-refractivity contribution in [1.29, 1.82) is 0 Å². The van der Waals surface area contributed by atoms with Crippen molar-refractivity contribution in [1.82, 2.24) is 5.10 Å². The summed E-state index contributed by atoms with van der Waals surface area (Å²) in [5.74, 6) is 0. The van der Waals surface area contributed by atoms with E-state index >= 15 is 0 Å². The minimum Gasteiger partial charge on any atom is -1.00 e. The lowest BCUT2D eigenvalue weighted by atomic mass is 10.2. The van der Waals surface area contributed by atoms with Gasteiger partial charge in [0.15, 0.2) is 0 Å². The molecule has 0 aliphatic carbocycles. The highest BCUT2D eigenvalue weighted by molar-refractivity contribution is 7.98. The molecular formula is C21H18ClN3S2. The lowest BCUT2D eigenvalue weighted by Gasteiger charge is -1.98. The van der Waals surface area contributed by atoms with E-state index in [-0.39, 0.29) is 12.4 Å². The highest BCUT2D eigenvalue weighted by Crippen LogP contribution is 2.29. The van der Waals surface area contributed by atoms with E-state index in [0.29, 0.717) is 0 Å². The van der Waals surface area contributed by atoms with Crippen LogP contribution in [0.3, 0.4) is 0 Å². The number of para-hydroxylation sites is 2. The van der Waals surface area contributed by atoms with Gasteiger partial charge in [-0.1, -0.05) is 36.4 Å².